The largest absolute Gasteiger partial charge is 0.326 e. The van der Waals surface area contributed by atoms with E-state index in [9.17, 15) is 13.2 Å². The van der Waals surface area contributed by atoms with Crippen molar-refractivity contribution in [2.75, 3.05) is 11.9 Å². The van der Waals surface area contributed by atoms with Gasteiger partial charge in [-0.05, 0) is 49.6 Å². The third-order valence-corrected chi connectivity index (χ3v) is 5.76. The summed E-state index contributed by atoms with van der Waals surface area (Å²) in [6.07, 6.45) is 5.30. The Hall–Kier alpha value is -2.18. The van der Waals surface area contributed by atoms with Gasteiger partial charge in [-0.2, -0.15) is 8.42 Å². The molecule has 0 unspecified atom stereocenters. The molecule has 152 valence electrons. The number of anilines is 1. The molecule has 0 aliphatic carbocycles. The molecular formula is C22H29NO4S. The molecule has 0 radical (unpaired) electrons. The summed E-state index contributed by atoms with van der Waals surface area (Å²) >= 11 is 0. The molecule has 6 heteroatoms. The highest BCUT2D eigenvalue weighted by Gasteiger charge is 2.14. The lowest BCUT2D eigenvalue weighted by molar-refractivity contribution is -0.116. The third-order valence-electron chi connectivity index (χ3n) is 4.43. The van der Waals surface area contributed by atoms with Crippen molar-refractivity contribution in [3.63, 3.8) is 0 Å². The highest BCUT2D eigenvalue weighted by molar-refractivity contribution is 7.86. The fourth-order valence-electron chi connectivity index (χ4n) is 2.73. The molecule has 0 saturated carbocycles. The topological polar surface area (TPSA) is 72.5 Å². The van der Waals surface area contributed by atoms with Crippen LogP contribution in [0.4, 0.5) is 5.69 Å². The summed E-state index contributed by atoms with van der Waals surface area (Å²) in [6, 6.07) is 14.0. The van der Waals surface area contributed by atoms with Gasteiger partial charge in [0.25, 0.3) is 10.1 Å². The Bertz CT molecular complexity index is 843. The van der Waals surface area contributed by atoms with Gasteiger partial charge < -0.3 is 5.32 Å². The molecule has 1 N–H and O–H groups in total. The van der Waals surface area contributed by atoms with E-state index in [1.165, 1.54) is 0 Å². The molecule has 0 spiro atoms. The van der Waals surface area contributed by atoms with Gasteiger partial charge in [0, 0.05) is 12.1 Å². The van der Waals surface area contributed by atoms with Crippen LogP contribution in [0.1, 0.15) is 50.2 Å². The van der Waals surface area contributed by atoms with E-state index in [-0.39, 0.29) is 17.4 Å². The minimum atomic E-state index is -3.74. The number of hydrogen-bond acceptors (Lipinski definition) is 4. The van der Waals surface area contributed by atoms with Crippen LogP contribution >= 0.6 is 0 Å². The number of unbranched alkanes of at least 4 members (excludes halogenated alkanes) is 3. The fourth-order valence-corrected chi connectivity index (χ4v) is 3.64. The molecule has 0 atom stereocenters. The number of hydrogen-bond donors (Lipinski definition) is 1. The Morgan fingerprint density at radius 1 is 0.964 bits per heavy atom. The molecule has 2 aromatic rings. The summed E-state index contributed by atoms with van der Waals surface area (Å²) in [7, 11) is -3.74. The first-order valence-electron chi connectivity index (χ1n) is 9.75. The molecule has 0 heterocycles. The number of carbonyl (C=O) groups is 1. The molecule has 0 saturated heterocycles. The van der Waals surface area contributed by atoms with Gasteiger partial charge in [-0.3, -0.25) is 8.98 Å². The summed E-state index contributed by atoms with van der Waals surface area (Å²) in [4.78, 5) is 12.1. The van der Waals surface area contributed by atoms with Gasteiger partial charge in [0.1, 0.15) is 0 Å². The molecule has 0 aromatic heterocycles. The predicted molar refractivity (Wildman–Crippen MR) is 112 cm³/mol. The molecule has 5 nitrogen and oxygen atoms in total. The number of amides is 1. The van der Waals surface area contributed by atoms with E-state index >= 15 is 0 Å². The second-order valence-corrected chi connectivity index (χ2v) is 8.51. The maximum Gasteiger partial charge on any atom is 0.296 e. The van der Waals surface area contributed by atoms with Crippen LogP contribution in [0.3, 0.4) is 0 Å². The molecular weight excluding hydrogens is 374 g/mol. The summed E-state index contributed by atoms with van der Waals surface area (Å²) in [5.74, 6) is 0.0244. The maximum absolute atomic E-state index is 12.2. The predicted octanol–water partition coefficient (Wildman–Crippen LogP) is 4.85. The van der Waals surface area contributed by atoms with Crippen LogP contribution in [0.5, 0.6) is 0 Å². The van der Waals surface area contributed by atoms with E-state index in [2.05, 4.69) is 12.2 Å². The SMILES string of the molecule is CCCCCCC(=O)Nc1ccc(CCOS(=O)(=O)c2ccc(C)cc2)cc1. The summed E-state index contributed by atoms with van der Waals surface area (Å²) in [6.45, 7) is 4.11. The Morgan fingerprint density at radius 3 is 2.29 bits per heavy atom. The zero-order valence-corrected chi connectivity index (χ0v) is 17.4. The van der Waals surface area contributed by atoms with Crippen molar-refractivity contribution in [1.82, 2.24) is 0 Å². The molecule has 0 fully saturated rings. The minimum Gasteiger partial charge on any atom is -0.326 e. The van der Waals surface area contributed by atoms with Gasteiger partial charge >= 0.3 is 0 Å². The summed E-state index contributed by atoms with van der Waals surface area (Å²) in [5, 5.41) is 2.89. The Kier molecular flexibility index (Phi) is 8.67. The summed E-state index contributed by atoms with van der Waals surface area (Å²) in [5.41, 5.74) is 2.68. The normalized spacial score (nSPS) is 11.4. The van der Waals surface area contributed by atoms with Crippen molar-refractivity contribution in [3.8, 4) is 0 Å². The first-order valence-corrected chi connectivity index (χ1v) is 11.2. The van der Waals surface area contributed by atoms with Crippen molar-refractivity contribution < 1.29 is 17.4 Å². The van der Waals surface area contributed by atoms with Crippen molar-refractivity contribution >= 4 is 21.7 Å². The van der Waals surface area contributed by atoms with Crippen LogP contribution in [0.15, 0.2) is 53.4 Å². The molecule has 0 aliphatic heterocycles. The van der Waals surface area contributed by atoms with E-state index in [1.807, 2.05) is 31.2 Å². The first kappa shape index (κ1) is 22.1. The van der Waals surface area contributed by atoms with Crippen LogP contribution in [-0.2, 0) is 25.5 Å². The van der Waals surface area contributed by atoms with Gasteiger partial charge in [0.05, 0.1) is 11.5 Å². The number of aryl methyl sites for hydroxylation is 1. The summed E-state index contributed by atoms with van der Waals surface area (Å²) < 4.78 is 29.5. The number of nitrogens with one attached hydrogen (secondary N) is 1. The highest BCUT2D eigenvalue weighted by atomic mass is 32.2. The van der Waals surface area contributed by atoms with Crippen molar-refractivity contribution in [2.24, 2.45) is 0 Å². The second kappa shape index (κ2) is 11.0. The zero-order chi connectivity index (χ0) is 20.4. The van der Waals surface area contributed by atoms with Gasteiger partial charge in [-0.15, -0.1) is 0 Å². The maximum atomic E-state index is 12.2. The zero-order valence-electron chi connectivity index (χ0n) is 16.6. The molecule has 2 rings (SSSR count). The van der Waals surface area contributed by atoms with E-state index in [4.69, 9.17) is 4.18 Å². The lowest BCUT2D eigenvalue weighted by atomic mass is 10.1. The molecule has 0 bridgehead atoms. The Labute approximate surface area is 168 Å². The van der Waals surface area contributed by atoms with E-state index in [1.54, 1.807) is 24.3 Å². The lowest BCUT2D eigenvalue weighted by Crippen LogP contribution is -2.11. The van der Waals surface area contributed by atoms with Gasteiger partial charge in [-0.25, -0.2) is 0 Å². The average Bonchev–Trinajstić information content (AvgIpc) is 2.67. The van der Waals surface area contributed by atoms with Crippen molar-refractivity contribution in [3.05, 3.63) is 59.7 Å². The highest BCUT2D eigenvalue weighted by Crippen LogP contribution is 2.15. The number of benzene rings is 2. The average molecular weight is 404 g/mol. The lowest BCUT2D eigenvalue weighted by Gasteiger charge is -2.08. The van der Waals surface area contributed by atoms with Crippen LogP contribution in [0.2, 0.25) is 0 Å². The van der Waals surface area contributed by atoms with Crippen LogP contribution in [0.25, 0.3) is 0 Å². The number of carbonyl (C=O) groups excluding carboxylic acids is 1. The Balaban J connectivity index is 1.78. The first-order chi connectivity index (χ1) is 13.4. The monoisotopic (exact) mass is 403 g/mol. The van der Waals surface area contributed by atoms with Crippen LogP contribution < -0.4 is 5.32 Å². The van der Waals surface area contributed by atoms with Crippen LogP contribution in [0, 0.1) is 6.92 Å². The molecule has 28 heavy (non-hydrogen) atoms. The smallest absolute Gasteiger partial charge is 0.296 e. The standard InChI is InChI=1S/C22H29NO4S/c1-3-4-5-6-7-22(24)23-20-12-10-19(11-13-20)16-17-27-28(25,26)21-14-8-18(2)9-15-21/h8-15H,3-7,16-17H2,1-2H3,(H,23,24). The Morgan fingerprint density at radius 2 is 1.64 bits per heavy atom. The molecule has 2 aromatic carbocycles. The van der Waals surface area contributed by atoms with E-state index in [0.717, 1.165) is 42.5 Å². The van der Waals surface area contributed by atoms with E-state index < -0.39 is 10.1 Å². The molecule has 1 amide bonds. The third kappa shape index (κ3) is 7.44. The van der Waals surface area contributed by atoms with Crippen LogP contribution in [-0.4, -0.2) is 20.9 Å². The fraction of sp³-hybridized carbons (Fsp3) is 0.409. The van der Waals surface area contributed by atoms with Gasteiger partial charge in [0.15, 0.2) is 0 Å². The quantitative estimate of drug-likeness (QED) is 0.430. The second-order valence-electron chi connectivity index (χ2n) is 6.89. The number of rotatable bonds is 11. The van der Waals surface area contributed by atoms with Gasteiger partial charge in [-0.1, -0.05) is 56.0 Å². The molecule has 0 aliphatic rings. The van der Waals surface area contributed by atoms with Crippen molar-refractivity contribution in [2.45, 2.75) is 57.3 Å². The van der Waals surface area contributed by atoms with Crippen molar-refractivity contribution in [1.29, 1.82) is 0 Å². The van der Waals surface area contributed by atoms with E-state index in [0.29, 0.717) is 12.8 Å². The van der Waals surface area contributed by atoms with Gasteiger partial charge in [0.2, 0.25) is 5.91 Å². The minimum absolute atomic E-state index is 0.0244.